The number of carboxylic acid groups (broad SMARTS) is 1. The topological polar surface area (TPSA) is 80.7 Å². The number of carboxylic acids is 1. The predicted molar refractivity (Wildman–Crippen MR) is 109 cm³/mol. The van der Waals surface area contributed by atoms with Crippen LogP contribution in [0, 0.1) is 0 Å². The molecule has 27 heavy (non-hydrogen) atoms. The summed E-state index contributed by atoms with van der Waals surface area (Å²) in [5, 5.41) is 20.9. The molecule has 1 saturated heterocycles. The van der Waals surface area contributed by atoms with Gasteiger partial charge in [-0.25, -0.2) is 4.79 Å². The third-order valence-corrected chi connectivity index (χ3v) is 5.45. The van der Waals surface area contributed by atoms with E-state index in [-0.39, 0.29) is 17.2 Å². The summed E-state index contributed by atoms with van der Waals surface area (Å²) >= 11 is 6.43. The fourth-order valence-electron chi connectivity index (χ4n) is 2.65. The van der Waals surface area contributed by atoms with Crippen LogP contribution in [0.15, 0.2) is 47.4 Å². The SMILES string of the molecule is CC(C)c1ccc(/C=C2\SC(=S)N(c3ccc(C(=O)O)c([O-])c3)C2=O)cc1. The molecule has 2 aromatic carbocycles. The Kier molecular flexibility index (Phi) is 5.34. The number of carbonyl (C=O) groups excluding carboxylic acids is 1. The molecule has 0 aromatic heterocycles. The van der Waals surface area contributed by atoms with Gasteiger partial charge in [0.05, 0.1) is 16.2 Å². The first-order chi connectivity index (χ1) is 12.8. The average Bonchev–Trinajstić information content (AvgIpc) is 2.88. The number of aromatic carboxylic acids is 1. The van der Waals surface area contributed by atoms with Gasteiger partial charge in [0.15, 0.2) is 4.32 Å². The van der Waals surface area contributed by atoms with E-state index in [0.717, 1.165) is 23.4 Å². The summed E-state index contributed by atoms with van der Waals surface area (Å²) in [6, 6.07) is 11.6. The van der Waals surface area contributed by atoms with Crippen LogP contribution in [0.1, 0.15) is 41.3 Å². The lowest BCUT2D eigenvalue weighted by molar-refractivity contribution is -0.268. The van der Waals surface area contributed by atoms with Crippen molar-refractivity contribution in [3.8, 4) is 5.75 Å². The van der Waals surface area contributed by atoms with Gasteiger partial charge in [-0.15, -0.1) is 0 Å². The molecule has 2 aromatic rings. The quantitative estimate of drug-likeness (QED) is 0.620. The lowest BCUT2D eigenvalue weighted by Crippen LogP contribution is -2.27. The van der Waals surface area contributed by atoms with Crippen LogP contribution in [0.5, 0.6) is 5.75 Å². The molecule has 5 nitrogen and oxygen atoms in total. The second-order valence-electron chi connectivity index (χ2n) is 6.32. The molecule has 0 radical (unpaired) electrons. The summed E-state index contributed by atoms with van der Waals surface area (Å²) in [6.45, 7) is 4.22. The molecule has 1 fully saturated rings. The molecule has 0 unspecified atom stereocenters. The summed E-state index contributed by atoms with van der Waals surface area (Å²) in [5.74, 6) is -1.88. The van der Waals surface area contributed by atoms with Crippen LogP contribution in [-0.4, -0.2) is 21.3 Å². The Bertz CT molecular complexity index is 964. The Labute approximate surface area is 166 Å². The van der Waals surface area contributed by atoms with E-state index in [1.807, 2.05) is 24.3 Å². The third kappa shape index (κ3) is 3.89. The molecule has 138 valence electrons. The molecule has 1 amide bonds. The Morgan fingerprint density at radius 3 is 2.44 bits per heavy atom. The van der Waals surface area contributed by atoms with Gasteiger partial charge in [0.1, 0.15) is 0 Å². The molecule has 0 saturated carbocycles. The van der Waals surface area contributed by atoms with Crippen LogP contribution in [-0.2, 0) is 4.79 Å². The van der Waals surface area contributed by atoms with Gasteiger partial charge in [0.2, 0.25) is 0 Å². The summed E-state index contributed by atoms with van der Waals surface area (Å²) in [7, 11) is 0. The minimum Gasteiger partial charge on any atom is -0.872 e. The standard InChI is InChI=1S/C20H17NO4S2/c1-11(2)13-5-3-12(4-6-13)9-17-18(23)21(20(26)27-17)14-7-8-15(19(24)25)16(22)10-14/h3-11,22H,1-2H3,(H,24,25)/p-1/b17-9-. The number of anilines is 1. The Morgan fingerprint density at radius 2 is 1.89 bits per heavy atom. The van der Waals surface area contributed by atoms with Gasteiger partial charge in [-0.3, -0.25) is 9.69 Å². The number of thiocarbonyl (C=S) groups is 1. The van der Waals surface area contributed by atoms with Gasteiger partial charge < -0.3 is 10.2 Å². The van der Waals surface area contributed by atoms with E-state index in [9.17, 15) is 14.7 Å². The normalized spacial score (nSPS) is 15.8. The molecule has 3 rings (SSSR count). The summed E-state index contributed by atoms with van der Waals surface area (Å²) < 4.78 is 0.299. The van der Waals surface area contributed by atoms with Crippen molar-refractivity contribution in [3.05, 3.63) is 64.1 Å². The molecule has 0 spiro atoms. The number of hydrogen-bond acceptors (Lipinski definition) is 5. The van der Waals surface area contributed by atoms with Gasteiger partial charge in [-0.1, -0.05) is 67.8 Å². The maximum absolute atomic E-state index is 12.8. The van der Waals surface area contributed by atoms with E-state index < -0.39 is 11.7 Å². The highest BCUT2D eigenvalue weighted by Crippen LogP contribution is 2.37. The van der Waals surface area contributed by atoms with Crippen molar-refractivity contribution in [1.82, 2.24) is 0 Å². The molecule has 7 heteroatoms. The van der Waals surface area contributed by atoms with E-state index in [1.54, 1.807) is 6.08 Å². The van der Waals surface area contributed by atoms with Crippen molar-refractivity contribution in [3.63, 3.8) is 0 Å². The first kappa shape index (κ1) is 19.1. The highest BCUT2D eigenvalue weighted by atomic mass is 32.2. The van der Waals surface area contributed by atoms with E-state index in [1.165, 1.54) is 22.6 Å². The molecule has 0 atom stereocenters. The molecule has 1 heterocycles. The smallest absolute Gasteiger partial charge is 0.335 e. The Hall–Kier alpha value is -2.64. The summed E-state index contributed by atoms with van der Waals surface area (Å²) in [6.07, 6.45) is 1.76. The molecule has 1 aliphatic heterocycles. The van der Waals surface area contributed by atoms with Crippen LogP contribution >= 0.6 is 24.0 Å². The van der Waals surface area contributed by atoms with Gasteiger partial charge in [0.25, 0.3) is 5.91 Å². The number of rotatable bonds is 4. The average molecular weight is 398 g/mol. The highest BCUT2D eigenvalue weighted by molar-refractivity contribution is 8.27. The van der Waals surface area contributed by atoms with E-state index in [0.29, 0.717) is 15.1 Å². The lowest BCUT2D eigenvalue weighted by atomic mass is 10.0. The largest absolute Gasteiger partial charge is 0.872 e. The van der Waals surface area contributed by atoms with Crippen molar-refractivity contribution in [1.29, 1.82) is 0 Å². The van der Waals surface area contributed by atoms with Crippen molar-refractivity contribution in [2.24, 2.45) is 0 Å². The van der Waals surface area contributed by atoms with Crippen LogP contribution in [0.4, 0.5) is 5.69 Å². The monoisotopic (exact) mass is 398 g/mol. The Morgan fingerprint density at radius 1 is 1.22 bits per heavy atom. The number of carbonyl (C=O) groups is 2. The third-order valence-electron chi connectivity index (χ3n) is 4.15. The summed E-state index contributed by atoms with van der Waals surface area (Å²) in [4.78, 5) is 25.4. The van der Waals surface area contributed by atoms with Crippen molar-refractivity contribution in [2.75, 3.05) is 4.90 Å². The molecular formula is C20H16NO4S2-. The number of nitrogens with zero attached hydrogens (tertiary/aromatic N) is 1. The second-order valence-corrected chi connectivity index (χ2v) is 8.00. The number of hydrogen-bond donors (Lipinski definition) is 1. The summed E-state index contributed by atoms with van der Waals surface area (Å²) in [5.41, 5.74) is 2.02. The van der Waals surface area contributed by atoms with E-state index in [4.69, 9.17) is 17.3 Å². The van der Waals surface area contributed by atoms with Crippen molar-refractivity contribution >= 4 is 51.9 Å². The predicted octanol–water partition coefficient (Wildman–Crippen LogP) is 3.99. The number of thioether (sulfide) groups is 1. The molecule has 0 aliphatic carbocycles. The van der Waals surface area contributed by atoms with Gasteiger partial charge in [-0.2, -0.15) is 0 Å². The van der Waals surface area contributed by atoms with Crippen molar-refractivity contribution < 1.29 is 19.8 Å². The zero-order valence-corrected chi connectivity index (χ0v) is 16.3. The van der Waals surface area contributed by atoms with E-state index in [2.05, 4.69) is 13.8 Å². The first-order valence-corrected chi connectivity index (χ1v) is 9.42. The lowest BCUT2D eigenvalue weighted by Gasteiger charge is -2.18. The molecule has 1 N–H and O–H groups in total. The van der Waals surface area contributed by atoms with Gasteiger partial charge >= 0.3 is 5.97 Å². The zero-order chi connectivity index (χ0) is 19.7. The fourth-order valence-corrected chi connectivity index (χ4v) is 3.94. The van der Waals surface area contributed by atoms with Gasteiger partial charge in [-0.05, 0) is 41.3 Å². The molecule has 1 aliphatic rings. The maximum Gasteiger partial charge on any atom is 0.335 e. The second kappa shape index (κ2) is 7.54. The first-order valence-electron chi connectivity index (χ1n) is 8.20. The minimum atomic E-state index is -1.30. The van der Waals surface area contributed by atoms with Crippen LogP contribution in [0.2, 0.25) is 0 Å². The van der Waals surface area contributed by atoms with Crippen LogP contribution in [0.25, 0.3) is 6.08 Å². The van der Waals surface area contributed by atoms with Crippen LogP contribution in [0.3, 0.4) is 0 Å². The highest BCUT2D eigenvalue weighted by Gasteiger charge is 2.33. The maximum atomic E-state index is 12.8. The molecular weight excluding hydrogens is 382 g/mol. The van der Waals surface area contributed by atoms with E-state index >= 15 is 0 Å². The fraction of sp³-hybridized carbons (Fsp3) is 0.150. The number of amides is 1. The molecule has 0 bridgehead atoms. The van der Waals surface area contributed by atoms with Gasteiger partial charge in [0, 0.05) is 0 Å². The Balaban J connectivity index is 1.89. The van der Waals surface area contributed by atoms with Crippen LogP contribution < -0.4 is 10.0 Å². The number of benzene rings is 2. The zero-order valence-electron chi connectivity index (χ0n) is 14.6. The minimum absolute atomic E-state index is 0.269. The van der Waals surface area contributed by atoms with Crippen molar-refractivity contribution in [2.45, 2.75) is 19.8 Å².